The molecule has 0 unspecified atom stereocenters. The van der Waals surface area contributed by atoms with Crippen molar-refractivity contribution in [1.82, 2.24) is 25.1 Å². The molecular formula is C15H17ClN6O2. The van der Waals surface area contributed by atoms with Gasteiger partial charge in [0, 0.05) is 18.1 Å². The summed E-state index contributed by atoms with van der Waals surface area (Å²) >= 11 is 6.02. The molecule has 2 amide bonds. The fourth-order valence-corrected chi connectivity index (χ4v) is 2.84. The molecule has 0 atom stereocenters. The average Bonchev–Trinajstić information content (AvgIpc) is 3.08. The molecule has 1 aliphatic heterocycles. The Morgan fingerprint density at radius 3 is 2.71 bits per heavy atom. The summed E-state index contributed by atoms with van der Waals surface area (Å²) in [5.41, 5.74) is 0.836. The monoisotopic (exact) mass is 348 g/mol. The van der Waals surface area contributed by atoms with Gasteiger partial charge in [-0.2, -0.15) is 0 Å². The highest BCUT2D eigenvalue weighted by Gasteiger charge is 2.21. The number of halogens is 1. The van der Waals surface area contributed by atoms with Gasteiger partial charge in [0.1, 0.15) is 12.9 Å². The Hall–Kier alpha value is -2.48. The Morgan fingerprint density at radius 2 is 2.00 bits per heavy atom. The highest BCUT2D eigenvalue weighted by molar-refractivity contribution is 6.31. The van der Waals surface area contributed by atoms with E-state index < -0.39 is 0 Å². The van der Waals surface area contributed by atoms with Crippen molar-refractivity contribution >= 4 is 29.1 Å². The molecule has 0 radical (unpaired) electrons. The topological polar surface area (TPSA) is 93.0 Å². The van der Waals surface area contributed by atoms with Gasteiger partial charge in [-0.15, -0.1) is 5.10 Å². The van der Waals surface area contributed by atoms with Crippen LogP contribution in [0, 0.1) is 0 Å². The number of rotatable bonds is 4. The summed E-state index contributed by atoms with van der Waals surface area (Å²) in [6, 6.07) is 4.87. The van der Waals surface area contributed by atoms with Crippen LogP contribution >= 0.6 is 11.6 Å². The van der Waals surface area contributed by atoms with Gasteiger partial charge in [0.15, 0.2) is 0 Å². The van der Waals surface area contributed by atoms with Gasteiger partial charge in [-0.05, 0) is 47.9 Å². The predicted octanol–water partition coefficient (Wildman–Crippen LogP) is 1.59. The zero-order chi connectivity index (χ0) is 16.9. The maximum absolute atomic E-state index is 12.7. The summed E-state index contributed by atoms with van der Waals surface area (Å²) in [5.74, 6) is -0.429. The number of benzene rings is 1. The van der Waals surface area contributed by atoms with Crippen LogP contribution in [-0.4, -0.2) is 50.0 Å². The van der Waals surface area contributed by atoms with Crippen molar-refractivity contribution in [1.29, 1.82) is 0 Å². The first-order valence-corrected chi connectivity index (χ1v) is 8.11. The molecule has 1 N–H and O–H groups in total. The molecule has 0 spiro atoms. The van der Waals surface area contributed by atoms with Crippen molar-refractivity contribution in [3.8, 4) is 0 Å². The van der Waals surface area contributed by atoms with Crippen molar-refractivity contribution in [2.75, 3.05) is 18.4 Å². The second kappa shape index (κ2) is 7.39. The summed E-state index contributed by atoms with van der Waals surface area (Å²) < 4.78 is 1.30. The SMILES string of the molecule is O=C(Cn1cnnn1)Nc1cc(Cl)ccc1C(=O)N1CCCCC1. The van der Waals surface area contributed by atoms with Gasteiger partial charge >= 0.3 is 0 Å². The highest BCUT2D eigenvalue weighted by atomic mass is 35.5. The molecule has 1 saturated heterocycles. The number of amides is 2. The molecule has 3 rings (SSSR count). The van der Waals surface area contributed by atoms with E-state index in [4.69, 9.17) is 11.6 Å². The van der Waals surface area contributed by atoms with Gasteiger partial charge in [0.25, 0.3) is 5.91 Å². The number of carbonyl (C=O) groups is 2. The highest BCUT2D eigenvalue weighted by Crippen LogP contribution is 2.24. The molecule has 24 heavy (non-hydrogen) atoms. The first-order chi connectivity index (χ1) is 11.6. The largest absolute Gasteiger partial charge is 0.339 e. The number of aromatic nitrogens is 4. The lowest BCUT2D eigenvalue weighted by molar-refractivity contribution is -0.116. The van der Waals surface area contributed by atoms with Crippen molar-refractivity contribution in [2.45, 2.75) is 25.8 Å². The quantitative estimate of drug-likeness (QED) is 0.905. The lowest BCUT2D eigenvalue weighted by Gasteiger charge is -2.27. The van der Waals surface area contributed by atoms with Gasteiger partial charge in [-0.1, -0.05) is 11.6 Å². The molecule has 1 aromatic carbocycles. The molecule has 1 aromatic heterocycles. The van der Waals surface area contributed by atoms with Gasteiger partial charge < -0.3 is 10.2 Å². The smallest absolute Gasteiger partial charge is 0.255 e. The number of likely N-dealkylation sites (tertiary alicyclic amines) is 1. The molecule has 2 aromatic rings. The third-order valence-corrected chi connectivity index (χ3v) is 4.06. The van der Waals surface area contributed by atoms with Crippen LogP contribution in [0.15, 0.2) is 24.5 Å². The zero-order valence-electron chi connectivity index (χ0n) is 13.0. The second-order valence-corrected chi connectivity index (χ2v) is 6.03. The van der Waals surface area contributed by atoms with E-state index in [1.807, 2.05) is 4.90 Å². The third-order valence-electron chi connectivity index (χ3n) is 3.83. The number of anilines is 1. The minimum absolute atomic E-state index is 0.0448. The van der Waals surface area contributed by atoms with Crippen LogP contribution in [-0.2, 0) is 11.3 Å². The number of nitrogens with zero attached hydrogens (tertiary/aromatic N) is 5. The average molecular weight is 349 g/mol. The number of tetrazole rings is 1. The van der Waals surface area contributed by atoms with Crippen LogP contribution in [0.25, 0.3) is 0 Å². The Labute approximate surface area is 143 Å². The first kappa shape index (κ1) is 16.4. The van der Waals surface area contributed by atoms with Gasteiger partial charge in [-0.25, -0.2) is 4.68 Å². The van der Waals surface area contributed by atoms with Gasteiger partial charge in [-0.3, -0.25) is 9.59 Å². The van der Waals surface area contributed by atoms with Crippen molar-refractivity contribution < 1.29 is 9.59 Å². The van der Waals surface area contributed by atoms with Gasteiger partial charge in [0.05, 0.1) is 11.3 Å². The van der Waals surface area contributed by atoms with E-state index >= 15 is 0 Å². The Kier molecular flexibility index (Phi) is 5.05. The Bertz CT molecular complexity index is 728. The third kappa shape index (κ3) is 3.88. The zero-order valence-corrected chi connectivity index (χ0v) is 13.7. The number of hydrogen-bond donors (Lipinski definition) is 1. The fourth-order valence-electron chi connectivity index (χ4n) is 2.66. The minimum atomic E-state index is -0.336. The summed E-state index contributed by atoms with van der Waals surface area (Å²) in [4.78, 5) is 26.7. The maximum atomic E-state index is 12.7. The molecule has 9 heteroatoms. The molecule has 0 bridgehead atoms. The lowest BCUT2D eigenvalue weighted by Crippen LogP contribution is -2.36. The molecule has 1 aliphatic rings. The maximum Gasteiger partial charge on any atom is 0.255 e. The molecule has 2 heterocycles. The van der Waals surface area contributed by atoms with E-state index in [-0.39, 0.29) is 18.4 Å². The van der Waals surface area contributed by atoms with Crippen LogP contribution in [0.1, 0.15) is 29.6 Å². The van der Waals surface area contributed by atoms with Crippen LogP contribution in [0.3, 0.4) is 0 Å². The summed E-state index contributed by atoms with van der Waals surface area (Å²) in [7, 11) is 0. The first-order valence-electron chi connectivity index (χ1n) is 7.73. The van der Waals surface area contributed by atoms with E-state index in [0.717, 1.165) is 32.4 Å². The molecular weight excluding hydrogens is 332 g/mol. The summed E-state index contributed by atoms with van der Waals surface area (Å²) in [5, 5.41) is 13.8. The van der Waals surface area contributed by atoms with E-state index in [1.165, 1.54) is 11.0 Å². The lowest BCUT2D eigenvalue weighted by atomic mass is 10.1. The van der Waals surface area contributed by atoms with Crippen molar-refractivity contribution in [2.24, 2.45) is 0 Å². The molecule has 1 fully saturated rings. The van der Waals surface area contributed by atoms with Crippen molar-refractivity contribution in [3.05, 3.63) is 35.1 Å². The standard InChI is InChI=1S/C15H17ClN6O2/c16-11-4-5-12(15(24)21-6-2-1-3-7-21)13(8-11)18-14(23)9-22-10-17-19-20-22/h4-5,8,10H,1-3,6-7,9H2,(H,18,23). The van der Waals surface area contributed by atoms with Crippen LogP contribution in [0.2, 0.25) is 5.02 Å². The Balaban J connectivity index is 1.77. The van der Waals surface area contributed by atoms with E-state index in [2.05, 4.69) is 20.8 Å². The number of hydrogen-bond acceptors (Lipinski definition) is 5. The summed E-state index contributed by atoms with van der Waals surface area (Å²) in [6.45, 7) is 1.43. The molecule has 0 aliphatic carbocycles. The summed E-state index contributed by atoms with van der Waals surface area (Å²) in [6.07, 6.45) is 4.48. The minimum Gasteiger partial charge on any atom is -0.339 e. The number of nitrogens with one attached hydrogen (secondary N) is 1. The van der Waals surface area contributed by atoms with Crippen LogP contribution in [0.5, 0.6) is 0 Å². The molecule has 0 saturated carbocycles. The molecule has 8 nitrogen and oxygen atoms in total. The van der Waals surface area contributed by atoms with E-state index in [1.54, 1.807) is 18.2 Å². The van der Waals surface area contributed by atoms with Gasteiger partial charge in [0.2, 0.25) is 5.91 Å². The van der Waals surface area contributed by atoms with Crippen LogP contribution < -0.4 is 5.32 Å². The Morgan fingerprint density at radius 1 is 1.21 bits per heavy atom. The second-order valence-electron chi connectivity index (χ2n) is 5.60. The van der Waals surface area contributed by atoms with E-state index in [9.17, 15) is 9.59 Å². The van der Waals surface area contributed by atoms with Crippen LogP contribution in [0.4, 0.5) is 5.69 Å². The normalized spacial score (nSPS) is 14.5. The predicted molar refractivity (Wildman–Crippen MR) is 87.7 cm³/mol. The van der Waals surface area contributed by atoms with Crippen molar-refractivity contribution in [3.63, 3.8) is 0 Å². The number of carbonyl (C=O) groups excluding carboxylic acids is 2. The molecule has 126 valence electrons. The van der Waals surface area contributed by atoms with E-state index in [0.29, 0.717) is 16.3 Å². The number of piperidine rings is 1. The fraction of sp³-hybridized carbons (Fsp3) is 0.400.